The van der Waals surface area contributed by atoms with Crippen LogP contribution in [0.1, 0.15) is 18.0 Å². The number of phosphoric ester groups is 1. The van der Waals surface area contributed by atoms with Gasteiger partial charge in [0.05, 0.1) is 19.5 Å². The number of anilines is 1. The molecule has 0 spiro atoms. The molecule has 0 bridgehead atoms. The van der Waals surface area contributed by atoms with E-state index in [-0.39, 0.29) is 118 Å². The minimum Gasteiger partial charge on any atom is -0.774 e. The molecule has 3 aromatic heterocycles. The zero-order valence-corrected chi connectivity index (χ0v) is 35.6. The Kier molecular flexibility index (Phi) is 17.0. The van der Waals surface area contributed by atoms with Crippen molar-refractivity contribution in [2.24, 2.45) is 0 Å². The number of rotatable bonds is 12. The monoisotopic (exact) mass is 832 g/mol. The Hall–Kier alpha value is 0.330. The van der Waals surface area contributed by atoms with Gasteiger partial charge in [0.15, 0.2) is 23.9 Å². The number of ether oxygens (including phenoxy) is 2. The topological polar surface area (TPSA) is 359 Å². The van der Waals surface area contributed by atoms with Crippen molar-refractivity contribution in [2.45, 2.75) is 54.7 Å². The number of halogens is 2. The number of hydrogen-bond donors (Lipinski definition) is 6. The van der Waals surface area contributed by atoms with Gasteiger partial charge in [0.1, 0.15) is 48.5 Å². The Labute approximate surface area is 355 Å². The van der Waals surface area contributed by atoms with Gasteiger partial charge in [-0.15, -0.1) is 0 Å². The fourth-order valence-corrected chi connectivity index (χ4v) is 8.62. The van der Waals surface area contributed by atoms with Gasteiger partial charge in [0.25, 0.3) is 21.2 Å². The van der Waals surface area contributed by atoms with Crippen LogP contribution in [0.5, 0.6) is 0 Å². The molecule has 0 aliphatic carbocycles. The predicted molar refractivity (Wildman–Crippen MR) is 144 cm³/mol. The molecule has 11 atom stereocenters. The molecule has 0 radical (unpaired) electrons. The summed E-state index contributed by atoms with van der Waals surface area (Å²) in [7, 11) is -20.0. The number of fused-ring (bicyclic) bond motifs is 1. The fraction of sp³-hybridized carbons (Fsp3) is 0.524. The van der Waals surface area contributed by atoms with Crippen LogP contribution in [0.25, 0.3) is 11.2 Å². The molecular weight excluding hydrogens is 808 g/mol. The van der Waals surface area contributed by atoms with Gasteiger partial charge in [0, 0.05) is 17.8 Å². The number of nitrogens with zero attached hydrogens (tertiary/aromatic N) is 5. The van der Waals surface area contributed by atoms with Crippen molar-refractivity contribution in [3.8, 4) is 0 Å². The number of aromatic nitrogens is 5. The SMILES string of the molecule is Nc1ncnc2c1ncn2[C@@H]1O[C@H](COP(=O)([O-])OP(=O)([O-])OP(=O)([O-])C(F)(F)c2ccn([C@@H]3O[C@H](CO)[C@@H](O)[C@H]3O)c(=O)c2)[C@@H](O)[C@H]1O.[Na+].[Na+].[Na+]. The van der Waals surface area contributed by atoms with Gasteiger partial charge in [0.2, 0.25) is 7.60 Å². The molecule has 2 fully saturated rings. The smallest absolute Gasteiger partial charge is 0.774 e. The standard InChI is InChI=1S/C21H27F2N6O17P3.3Na/c22-21(23,8-1-2-28(11(31)3-8)19-15(34)13(32)9(4-30)43-19)47(36,37)45-49(40,41)46-48(38,39)42-5-10-14(33)16(35)20(44-10)29-7-27-12-17(24)25-6-26-18(12)29;;;/h1-3,6-7,9-10,13-16,19-20,30,32-35H,4-5H2,(H,36,37)(H,38,39)(H,40,41)(H2,24,25,26);;;/q;3*+1/p-3/t9-,10-,13-,14-,15-,16-,19-,20-;;;/m1.../s1. The second kappa shape index (κ2) is 18.3. The first-order chi connectivity index (χ1) is 22.7. The average Bonchev–Trinajstić information content (AvgIpc) is 3.65. The minimum absolute atomic E-state index is 0. The van der Waals surface area contributed by atoms with Crippen LogP contribution >= 0.6 is 23.2 Å². The molecule has 272 valence electrons. The van der Waals surface area contributed by atoms with E-state index in [0.29, 0.717) is 10.8 Å². The van der Waals surface area contributed by atoms with Crippen LogP contribution in [-0.2, 0) is 42.0 Å². The first kappa shape index (κ1) is 48.5. The van der Waals surface area contributed by atoms with E-state index < -0.39 is 102 Å². The van der Waals surface area contributed by atoms with Crippen molar-refractivity contribution in [1.82, 2.24) is 24.1 Å². The van der Waals surface area contributed by atoms with Gasteiger partial charge in [-0.1, -0.05) is 0 Å². The Balaban J connectivity index is 0.00000312. The van der Waals surface area contributed by atoms with Crippen molar-refractivity contribution in [1.29, 1.82) is 0 Å². The number of pyridine rings is 1. The molecule has 3 unspecified atom stereocenters. The number of phosphoric acid groups is 2. The van der Waals surface area contributed by atoms with Crippen LogP contribution in [0.15, 0.2) is 35.8 Å². The second-order valence-corrected chi connectivity index (χ2v) is 15.3. The molecule has 2 saturated heterocycles. The zero-order chi connectivity index (χ0) is 36.3. The molecule has 2 aliphatic rings. The van der Waals surface area contributed by atoms with Crippen molar-refractivity contribution in [3.05, 3.63) is 46.9 Å². The number of nitrogen functional groups attached to an aromatic ring is 1. The van der Waals surface area contributed by atoms with Crippen molar-refractivity contribution < 1.29 is 174 Å². The van der Waals surface area contributed by atoms with Gasteiger partial charge in [-0.05, 0) is 6.07 Å². The van der Waals surface area contributed by atoms with E-state index in [2.05, 4.69) is 28.1 Å². The molecular formula is C21H24F2N6Na3O17P3. The number of aliphatic hydroxyl groups excluding tert-OH is 5. The summed E-state index contributed by atoms with van der Waals surface area (Å²) in [5, 5.41) is 49.8. The maximum Gasteiger partial charge on any atom is 1.00 e. The molecule has 0 saturated carbocycles. The Bertz CT molecular complexity index is 1930. The van der Waals surface area contributed by atoms with Crippen LogP contribution in [0.4, 0.5) is 14.6 Å². The number of imidazole rings is 1. The summed E-state index contributed by atoms with van der Waals surface area (Å²) in [6, 6.07) is 0.273. The molecule has 2 aliphatic heterocycles. The maximum absolute atomic E-state index is 15.0. The van der Waals surface area contributed by atoms with Gasteiger partial charge in [-0.3, -0.25) is 27.4 Å². The zero-order valence-electron chi connectivity index (χ0n) is 27.0. The van der Waals surface area contributed by atoms with Crippen molar-refractivity contribution >= 4 is 40.2 Å². The molecule has 0 amide bonds. The molecule has 7 N–H and O–H groups in total. The molecule has 0 aromatic carbocycles. The summed E-state index contributed by atoms with van der Waals surface area (Å²) in [6.07, 6.45) is -10.8. The van der Waals surface area contributed by atoms with Crippen LogP contribution in [0.2, 0.25) is 0 Å². The Morgan fingerprint density at radius 2 is 1.46 bits per heavy atom. The van der Waals surface area contributed by atoms with Gasteiger partial charge < -0.3 is 64.5 Å². The number of aliphatic hydroxyl groups is 5. The molecule has 31 heteroatoms. The number of alkyl halides is 2. The third-order valence-corrected chi connectivity index (χ3v) is 11.9. The van der Waals surface area contributed by atoms with E-state index in [1.54, 1.807) is 0 Å². The number of nitrogens with two attached hydrogens (primary N) is 1. The third kappa shape index (κ3) is 9.88. The summed E-state index contributed by atoms with van der Waals surface area (Å²) in [6.45, 7) is -2.07. The summed E-state index contributed by atoms with van der Waals surface area (Å²) < 4.78 is 90.0. The maximum atomic E-state index is 15.0. The third-order valence-electron chi connectivity index (χ3n) is 7.23. The molecule has 3 aromatic rings. The molecule has 5 heterocycles. The normalized spacial score (nSPS) is 29.6. The van der Waals surface area contributed by atoms with E-state index in [0.717, 1.165) is 17.2 Å². The first-order valence-electron chi connectivity index (χ1n) is 13.4. The van der Waals surface area contributed by atoms with Crippen LogP contribution in [-0.4, -0.2) is 99.5 Å². The summed E-state index contributed by atoms with van der Waals surface area (Å²) >= 11 is 0. The van der Waals surface area contributed by atoms with E-state index in [9.17, 15) is 62.4 Å². The quantitative estimate of drug-likeness (QED) is 0.0729. The van der Waals surface area contributed by atoms with Crippen molar-refractivity contribution in [2.75, 3.05) is 18.9 Å². The Morgan fingerprint density at radius 1 is 0.885 bits per heavy atom. The molecule has 23 nitrogen and oxygen atoms in total. The first-order valence-corrected chi connectivity index (χ1v) is 17.8. The van der Waals surface area contributed by atoms with E-state index in [1.807, 2.05) is 0 Å². The number of hydrogen-bond acceptors (Lipinski definition) is 21. The molecule has 5 rings (SSSR count). The summed E-state index contributed by atoms with van der Waals surface area (Å²) in [4.78, 5) is 60.7. The summed E-state index contributed by atoms with van der Waals surface area (Å²) in [5.41, 5.74) is -2.66. The fourth-order valence-electron chi connectivity index (χ4n) is 4.82. The van der Waals surface area contributed by atoms with Crippen molar-refractivity contribution in [3.63, 3.8) is 0 Å². The average molecular weight is 832 g/mol. The minimum atomic E-state index is -7.07. The summed E-state index contributed by atoms with van der Waals surface area (Å²) in [5.74, 6) is -0.0490. The largest absolute Gasteiger partial charge is 1.00 e. The van der Waals surface area contributed by atoms with Gasteiger partial charge in [-0.2, -0.15) is 8.78 Å². The predicted octanol–water partition coefficient (Wildman–Crippen LogP) is -12.9. The second-order valence-electron chi connectivity index (χ2n) is 10.4. The van der Waals surface area contributed by atoms with E-state index in [1.165, 1.54) is 0 Å². The van der Waals surface area contributed by atoms with Crippen LogP contribution in [0, 0.1) is 0 Å². The molecule has 52 heavy (non-hydrogen) atoms. The van der Waals surface area contributed by atoms with Crippen LogP contribution in [0.3, 0.4) is 0 Å². The van der Waals surface area contributed by atoms with Gasteiger partial charge in [-0.25, -0.2) is 19.3 Å². The van der Waals surface area contributed by atoms with E-state index in [4.69, 9.17) is 20.3 Å². The van der Waals surface area contributed by atoms with E-state index >= 15 is 0 Å². The van der Waals surface area contributed by atoms with Gasteiger partial charge >= 0.3 is 94.3 Å². The Morgan fingerprint density at radius 3 is 2.04 bits per heavy atom. The van der Waals surface area contributed by atoms with Crippen LogP contribution < -0.4 is 115 Å².